The van der Waals surface area contributed by atoms with Crippen molar-refractivity contribution in [3.05, 3.63) is 69.7 Å². The molecule has 0 fully saturated rings. The molecule has 1 atom stereocenters. The lowest BCUT2D eigenvalue weighted by Gasteiger charge is -2.32. The van der Waals surface area contributed by atoms with Gasteiger partial charge in [0.15, 0.2) is 0 Å². The fourth-order valence-corrected chi connectivity index (χ4v) is 2.79. The fraction of sp³-hybridized carbons (Fsp3) is 0.294. The SMILES string of the molecule is CC(C)(c1ccc(F)cc1)C(N)Cc1ccc(F)cc1Br. The van der Waals surface area contributed by atoms with Crippen LogP contribution < -0.4 is 5.73 Å². The van der Waals surface area contributed by atoms with E-state index < -0.39 is 0 Å². The lowest BCUT2D eigenvalue weighted by molar-refractivity contribution is 0.405. The summed E-state index contributed by atoms with van der Waals surface area (Å²) in [6.45, 7) is 4.06. The van der Waals surface area contributed by atoms with Gasteiger partial charge in [0.05, 0.1) is 0 Å². The second kappa shape index (κ2) is 6.24. The van der Waals surface area contributed by atoms with E-state index >= 15 is 0 Å². The maximum absolute atomic E-state index is 13.1. The molecule has 0 aromatic heterocycles. The summed E-state index contributed by atoms with van der Waals surface area (Å²) in [5.74, 6) is -0.540. The first kappa shape index (κ1) is 16.1. The first-order chi connectivity index (χ1) is 9.80. The Labute approximate surface area is 132 Å². The highest BCUT2D eigenvalue weighted by Gasteiger charge is 2.29. The molecule has 0 radical (unpaired) electrons. The zero-order chi connectivity index (χ0) is 15.6. The molecule has 0 aliphatic carbocycles. The van der Waals surface area contributed by atoms with Crippen molar-refractivity contribution in [2.75, 3.05) is 0 Å². The maximum Gasteiger partial charge on any atom is 0.124 e. The van der Waals surface area contributed by atoms with Gasteiger partial charge in [-0.3, -0.25) is 0 Å². The van der Waals surface area contributed by atoms with Gasteiger partial charge in [0.25, 0.3) is 0 Å². The van der Waals surface area contributed by atoms with Crippen LogP contribution in [-0.2, 0) is 11.8 Å². The average molecular weight is 354 g/mol. The Morgan fingerprint density at radius 1 is 1.05 bits per heavy atom. The Morgan fingerprint density at radius 3 is 2.19 bits per heavy atom. The third kappa shape index (κ3) is 3.69. The number of hydrogen-bond acceptors (Lipinski definition) is 1. The lowest BCUT2D eigenvalue weighted by Crippen LogP contribution is -2.42. The number of hydrogen-bond donors (Lipinski definition) is 1. The van der Waals surface area contributed by atoms with Gasteiger partial charge < -0.3 is 5.73 Å². The molecule has 2 N–H and O–H groups in total. The summed E-state index contributed by atoms with van der Waals surface area (Å²) in [4.78, 5) is 0. The molecule has 0 aliphatic heterocycles. The van der Waals surface area contributed by atoms with Gasteiger partial charge in [0, 0.05) is 15.9 Å². The van der Waals surface area contributed by atoms with Crippen molar-refractivity contribution in [2.24, 2.45) is 5.73 Å². The number of nitrogens with two attached hydrogens (primary N) is 1. The molecule has 2 rings (SSSR count). The normalized spacial score (nSPS) is 13.2. The summed E-state index contributed by atoms with van der Waals surface area (Å²) in [5.41, 5.74) is 7.97. The molecule has 0 aliphatic rings. The van der Waals surface area contributed by atoms with E-state index in [2.05, 4.69) is 15.9 Å². The quantitative estimate of drug-likeness (QED) is 0.855. The molecule has 2 aromatic rings. The minimum atomic E-state index is -0.318. The molecule has 0 saturated heterocycles. The molecular weight excluding hydrogens is 336 g/mol. The van der Waals surface area contributed by atoms with Crippen LogP contribution in [0.25, 0.3) is 0 Å². The van der Waals surface area contributed by atoms with Gasteiger partial charge >= 0.3 is 0 Å². The molecule has 21 heavy (non-hydrogen) atoms. The highest BCUT2D eigenvalue weighted by Crippen LogP contribution is 2.30. The Morgan fingerprint density at radius 2 is 1.62 bits per heavy atom. The molecule has 2 aromatic carbocycles. The van der Waals surface area contributed by atoms with Crippen LogP contribution in [0, 0.1) is 11.6 Å². The Bertz CT molecular complexity index is 623. The summed E-state index contributed by atoms with van der Waals surface area (Å²) in [6.07, 6.45) is 0.602. The van der Waals surface area contributed by atoms with Crippen molar-refractivity contribution >= 4 is 15.9 Å². The minimum Gasteiger partial charge on any atom is -0.327 e. The third-order valence-electron chi connectivity index (χ3n) is 3.97. The van der Waals surface area contributed by atoms with E-state index in [-0.39, 0.29) is 23.1 Å². The van der Waals surface area contributed by atoms with Crippen LogP contribution in [0.5, 0.6) is 0 Å². The highest BCUT2D eigenvalue weighted by molar-refractivity contribution is 9.10. The fourth-order valence-electron chi connectivity index (χ4n) is 2.27. The first-order valence-corrected chi connectivity index (χ1v) is 7.55. The lowest BCUT2D eigenvalue weighted by atomic mass is 9.76. The molecule has 0 amide bonds. The van der Waals surface area contributed by atoms with Crippen LogP contribution in [0.15, 0.2) is 46.9 Å². The molecule has 112 valence electrons. The van der Waals surface area contributed by atoms with Crippen LogP contribution in [0.2, 0.25) is 0 Å². The molecule has 0 heterocycles. The standard InChI is InChI=1S/C17H18BrF2N/c1-17(2,12-4-7-13(19)8-5-12)16(21)9-11-3-6-14(20)10-15(11)18/h3-8,10,16H,9,21H2,1-2H3. The largest absolute Gasteiger partial charge is 0.327 e. The molecule has 0 saturated carbocycles. The Kier molecular flexibility index (Phi) is 4.79. The number of halogens is 3. The Hall–Kier alpha value is -1.26. The van der Waals surface area contributed by atoms with Crippen LogP contribution in [-0.4, -0.2) is 6.04 Å². The zero-order valence-electron chi connectivity index (χ0n) is 12.0. The van der Waals surface area contributed by atoms with Crippen LogP contribution >= 0.6 is 15.9 Å². The van der Waals surface area contributed by atoms with Gasteiger partial charge in [-0.2, -0.15) is 0 Å². The summed E-state index contributed by atoms with van der Waals surface area (Å²) >= 11 is 3.36. The van der Waals surface area contributed by atoms with E-state index in [1.54, 1.807) is 18.2 Å². The second-order valence-corrected chi connectivity index (χ2v) is 6.63. The summed E-state index contributed by atoms with van der Waals surface area (Å²) in [7, 11) is 0. The predicted octanol–water partition coefficient (Wildman–Crippen LogP) is 4.57. The van der Waals surface area contributed by atoms with E-state index in [0.717, 1.165) is 11.1 Å². The summed E-state index contributed by atoms with van der Waals surface area (Å²) in [6, 6.07) is 10.8. The summed E-state index contributed by atoms with van der Waals surface area (Å²) < 4.78 is 26.9. The zero-order valence-corrected chi connectivity index (χ0v) is 13.6. The number of rotatable bonds is 4. The van der Waals surface area contributed by atoms with E-state index in [1.165, 1.54) is 24.3 Å². The van der Waals surface area contributed by atoms with Crippen LogP contribution in [0.3, 0.4) is 0 Å². The second-order valence-electron chi connectivity index (χ2n) is 5.77. The smallest absolute Gasteiger partial charge is 0.124 e. The minimum absolute atomic E-state index is 0.176. The van der Waals surface area contributed by atoms with Crippen molar-refractivity contribution in [1.82, 2.24) is 0 Å². The molecule has 1 unspecified atom stereocenters. The topological polar surface area (TPSA) is 26.0 Å². The monoisotopic (exact) mass is 353 g/mol. The molecule has 0 bridgehead atoms. The molecular formula is C17H18BrF2N. The van der Waals surface area contributed by atoms with Gasteiger partial charge in [-0.25, -0.2) is 8.78 Å². The molecule has 1 nitrogen and oxygen atoms in total. The molecule has 4 heteroatoms. The van der Waals surface area contributed by atoms with Crippen molar-refractivity contribution < 1.29 is 8.78 Å². The third-order valence-corrected chi connectivity index (χ3v) is 4.71. The number of benzene rings is 2. The van der Waals surface area contributed by atoms with Crippen molar-refractivity contribution in [3.63, 3.8) is 0 Å². The van der Waals surface area contributed by atoms with Crippen molar-refractivity contribution in [1.29, 1.82) is 0 Å². The van der Waals surface area contributed by atoms with Gasteiger partial charge in [-0.1, -0.05) is 48.0 Å². The van der Waals surface area contributed by atoms with Crippen LogP contribution in [0.4, 0.5) is 8.78 Å². The van der Waals surface area contributed by atoms with E-state index in [1.807, 2.05) is 13.8 Å². The Balaban J connectivity index is 2.21. The van der Waals surface area contributed by atoms with E-state index in [4.69, 9.17) is 5.73 Å². The average Bonchev–Trinajstić information content (AvgIpc) is 2.42. The highest BCUT2D eigenvalue weighted by atomic mass is 79.9. The van der Waals surface area contributed by atoms with E-state index in [0.29, 0.717) is 10.9 Å². The van der Waals surface area contributed by atoms with Crippen molar-refractivity contribution in [3.8, 4) is 0 Å². The van der Waals surface area contributed by atoms with Gasteiger partial charge in [-0.15, -0.1) is 0 Å². The van der Waals surface area contributed by atoms with Gasteiger partial charge in [0.1, 0.15) is 11.6 Å². The summed E-state index contributed by atoms with van der Waals surface area (Å²) in [5, 5.41) is 0. The van der Waals surface area contributed by atoms with Gasteiger partial charge in [0.2, 0.25) is 0 Å². The van der Waals surface area contributed by atoms with Crippen LogP contribution in [0.1, 0.15) is 25.0 Å². The van der Waals surface area contributed by atoms with Gasteiger partial charge in [-0.05, 0) is 41.8 Å². The maximum atomic E-state index is 13.1. The predicted molar refractivity (Wildman–Crippen MR) is 85.2 cm³/mol. The van der Waals surface area contributed by atoms with E-state index in [9.17, 15) is 8.78 Å². The molecule has 0 spiro atoms. The first-order valence-electron chi connectivity index (χ1n) is 6.76. The van der Waals surface area contributed by atoms with Crippen molar-refractivity contribution in [2.45, 2.75) is 31.7 Å².